The number of carbonyl (C=O) groups excluding carboxylic acids is 1. The molecule has 2 unspecified atom stereocenters. The summed E-state index contributed by atoms with van der Waals surface area (Å²) in [6.07, 6.45) is 1.20. The quantitative estimate of drug-likeness (QED) is 0.898. The fourth-order valence-corrected chi connectivity index (χ4v) is 2.68. The van der Waals surface area contributed by atoms with Crippen LogP contribution in [0.1, 0.15) is 18.9 Å². The van der Waals surface area contributed by atoms with Crippen molar-refractivity contribution in [1.82, 2.24) is 4.90 Å². The summed E-state index contributed by atoms with van der Waals surface area (Å²) < 4.78 is 5.11. The van der Waals surface area contributed by atoms with Crippen LogP contribution in [0.2, 0.25) is 0 Å². The van der Waals surface area contributed by atoms with E-state index in [0.29, 0.717) is 25.9 Å². The molecule has 1 amide bonds. The fraction of sp³-hybridized carbons (Fsp3) is 0.500. The van der Waals surface area contributed by atoms with Crippen LogP contribution in [-0.4, -0.2) is 42.1 Å². The van der Waals surface area contributed by atoms with Crippen molar-refractivity contribution < 1.29 is 19.4 Å². The van der Waals surface area contributed by atoms with Gasteiger partial charge in [-0.3, -0.25) is 9.59 Å². The first-order valence-corrected chi connectivity index (χ1v) is 7.15. The molecular weight excluding hydrogens is 270 g/mol. The first kappa shape index (κ1) is 15.4. The predicted molar refractivity (Wildman–Crippen MR) is 78.2 cm³/mol. The summed E-state index contributed by atoms with van der Waals surface area (Å²) in [6, 6.07) is 7.66. The molecule has 0 aliphatic carbocycles. The van der Waals surface area contributed by atoms with Crippen molar-refractivity contribution >= 4 is 11.9 Å². The highest BCUT2D eigenvalue weighted by molar-refractivity contribution is 5.80. The van der Waals surface area contributed by atoms with Gasteiger partial charge in [0.25, 0.3) is 0 Å². The molecule has 0 radical (unpaired) electrons. The van der Waals surface area contributed by atoms with Gasteiger partial charge in [-0.15, -0.1) is 0 Å². The summed E-state index contributed by atoms with van der Waals surface area (Å²) >= 11 is 0. The number of aliphatic carboxylic acids is 1. The minimum absolute atomic E-state index is 0.0366. The number of amides is 1. The largest absolute Gasteiger partial charge is 0.497 e. The second-order valence-electron chi connectivity index (χ2n) is 5.56. The lowest BCUT2D eigenvalue weighted by Crippen LogP contribution is -2.34. The summed E-state index contributed by atoms with van der Waals surface area (Å²) in [5, 5.41) is 8.99. The Hall–Kier alpha value is -2.04. The second-order valence-corrected chi connectivity index (χ2v) is 5.56. The van der Waals surface area contributed by atoms with Crippen LogP contribution < -0.4 is 4.74 Å². The standard InChI is InChI=1S/C16H21NO4/c1-11(9-12-3-5-14(21-2)6-4-12)15(18)17-8-7-13(10-17)16(19)20/h3-6,11,13H,7-10H2,1-2H3,(H,19,20). The Bertz CT molecular complexity index is 512. The molecule has 5 nitrogen and oxygen atoms in total. The van der Waals surface area contributed by atoms with Crippen molar-refractivity contribution in [3.63, 3.8) is 0 Å². The van der Waals surface area contributed by atoms with Gasteiger partial charge in [-0.1, -0.05) is 19.1 Å². The molecule has 1 fully saturated rings. The summed E-state index contributed by atoms with van der Waals surface area (Å²) in [6.45, 7) is 2.77. The molecule has 0 aromatic heterocycles. The van der Waals surface area contributed by atoms with Crippen molar-refractivity contribution in [2.45, 2.75) is 19.8 Å². The van der Waals surface area contributed by atoms with Crippen LogP contribution in [0.25, 0.3) is 0 Å². The van der Waals surface area contributed by atoms with Gasteiger partial charge in [0.15, 0.2) is 0 Å². The predicted octanol–water partition coefficient (Wildman–Crippen LogP) is 1.81. The number of carboxylic acid groups (broad SMARTS) is 1. The maximum Gasteiger partial charge on any atom is 0.308 e. The number of carboxylic acids is 1. The minimum Gasteiger partial charge on any atom is -0.497 e. The van der Waals surface area contributed by atoms with Gasteiger partial charge in [0, 0.05) is 19.0 Å². The number of rotatable bonds is 5. The Labute approximate surface area is 124 Å². The van der Waals surface area contributed by atoms with Crippen LogP contribution in [0.4, 0.5) is 0 Å². The van der Waals surface area contributed by atoms with E-state index in [0.717, 1.165) is 11.3 Å². The third-order valence-electron chi connectivity index (χ3n) is 3.97. The monoisotopic (exact) mass is 291 g/mol. The molecular formula is C16H21NO4. The first-order chi connectivity index (χ1) is 10.0. The van der Waals surface area contributed by atoms with E-state index in [2.05, 4.69) is 0 Å². The van der Waals surface area contributed by atoms with Crippen molar-refractivity contribution in [2.75, 3.05) is 20.2 Å². The van der Waals surface area contributed by atoms with Crippen molar-refractivity contribution in [1.29, 1.82) is 0 Å². The van der Waals surface area contributed by atoms with Gasteiger partial charge in [0.1, 0.15) is 5.75 Å². The molecule has 0 spiro atoms. The van der Waals surface area contributed by atoms with Crippen LogP contribution in [0.15, 0.2) is 24.3 Å². The highest BCUT2D eigenvalue weighted by Crippen LogP contribution is 2.21. The Balaban J connectivity index is 1.92. The topological polar surface area (TPSA) is 66.8 Å². The number of carbonyl (C=O) groups is 2. The van der Waals surface area contributed by atoms with Crippen LogP contribution in [0.3, 0.4) is 0 Å². The molecule has 0 bridgehead atoms. The summed E-state index contributed by atoms with van der Waals surface area (Å²) in [4.78, 5) is 25.0. The lowest BCUT2D eigenvalue weighted by molar-refractivity contribution is -0.141. The average molecular weight is 291 g/mol. The lowest BCUT2D eigenvalue weighted by Gasteiger charge is -2.20. The highest BCUT2D eigenvalue weighted by Gasteiger charge is 2.32. The second kappa shape index (κ2) is 6.61. The molecule has 2 rings (SSSR count). The Morgan fingerprint density at radius 1 is 1.38 bits per heavy atom. The molecule has 1 aromatic carbocycles. The molecule has 1 aliphatic rings. The van der Waals surface area contributed by atoms with E-state index in [4.69, 9.17) is 9.84 Å². The van der Waals surface area contributed by atoms with E-state index in [1.165, 1.54) is 0 Å². The fourth-order valence-electron chi connectivity index (χ4n) is 2.68. The molecule has 1 saturated heterocycles. The zero-order valence-corrected chi connectivity index (χ0v) is 12.4. The van der Waals surface area contributed by atoms with Gasteiger partial charge in [-0.25, -0.2) is 0 Å². The van der Waals surface area contributed by atoms with Crippen LogP contribution >= 0.6 is 0 Å². The van der Waals surface area contributed by atoms with Gasteiger partial charge in [-0.2, -0.15) is 0 Å². The Morgan fingerprint density at radius 3 is 2.57 bits per heavy atom. The maximum atomic E-state index is 12.3. The zero-order valence-electron chi connectivity index (χ0n) is 12.4. The van der Waals surface area contributed by atoms with Crippen molar-refractivity contribution in [2.24, 2.45) is 11.8 Å². The number of hydrogen-bond acceptors (Lipinski definition) is 3. The minimum atomic E-state index is -0.812. The molecule has 0 saturated carbocycles. The maximum absolute atomic E-state index is 12.3. The van der Waals surface area contributed by atoms with E-state index in [9.17, 15) is 9.59 Å². The van der Waals surface area contributed by atoms with Gasteiger partial charge < -0.3 is 14.7 Å². The molecule has 1 aliphatic heterocycles. The van der Waals surface area contributed by atoms with E-state index >= 15 is 0 Å². The Morgan fingerprint density at radius 2 is 2.05 bits per heavy atom. The van der Waals surface area contributed by atoms with Crippen LogP contribution in [0, 0.1) is 11.8 Å². The number of hydrogen-bond donors (Lipinski definition) is 1. The number of benzene rings is 1. The summed E-state index contributed by atoms with van der Waals surface area (Å²) in [5.41, 5.74) is 1.07. The SMILES string of the molecule is COc1ccc(CC(C)C(=O)N2CCC(C(=O)O)C2)cc1. The van der Waals surface area contributed by atoms with E-state index < -0.39 is 11.9 Å². The lowest BCUT2D eigenvalue weighted by atomic mass is 10.00. The molecule has 21 heavy (non-hydrogen) atoms. The van der Waals surface area contributed by atoms with E-state index in [1.54, 1.807) is 12.0 Å². The third-order valence-corrected chi connectivity index (χ3v) is 3.97. The molecule has 5 heteroatoms. The molecule has 1 aromatic rings. The highest BCUT2D eigenvalue weighted by atomic mass is 16.5. The summed E-state index contributed by atoms with van der Waals surface area (Å²) in [5.74, 6) is -0.544. The molecule has 114 valence electrons. The van der Waals surface area contributed by atoms with Crippen LogP contribution in [0.5, 0.6) is 5.75 Å². The average Bonchev–Trinajstić information content (AvgIpc) is 2.97. The van der Waals surface area contributed by atoms with Crippen LogP contribution in [-0.2, 0) is 16.0 Å². The van der Waals surface area contributed by atoms with Gasteiger partial charge in [0.2, 0.25) is 5.91 Å². The zero-order chi connectivity index (χ0) is 15.4. The van der Waals surface area contributed by atoms with E-state index in [-0.39, 0.29) is 11.8 Å². The molecule has 2 atom stereocenters. The summed E-state index contributed by atoms with van der Waals surface area (Å²) in [7, 11) is 1.62. The smallest absolute Gasteiger partial charge is 0.308 e. The van der Waals surface area contributed by atoms with E-state index in [1.807, 2.05) is 31.2 Å². The van der Waals surface area contributed by atoms with Crippen molar-refractivity contribution in [3.8, 4) is 5.75 Å². The number of ether oxygens (including phenoxy) is 1. The number of methoxy groups -OCH3 is 1. The first-order valence-electron chi connectivity index (χ1n) is 7.15. The normalized spacial score (nSPS) is 19.3. The molecule has 1 N–H and O–H groups in total. The van der Waals surface area contributed by atoms with Gasteiger partial charge in [0.05, 0.1) is 13.0 Å². The molecule has 1 heterocycles. The Kier molecular flexibility index (Phi) is 4.83. The van der Waals surface area contributed by atoms with Gasteiger partial charge in [-0.05, 0) is 30.5 Å². The van der Waals surface area contributed by atoms with Gasteiger partial charge >= 0.3 is 5.97 Å². The number of likely N-dealkylation sites (tertiary alicyclic amines) is 1. The van der Waals surface area contributed by atoms with Crippen molar-refractivity contribution in [3.05, 3.63) is 29.8 Å². The third kappa shape index (κ3) is 3.74. The number of nitrogens with zero attached hydrogens (tertiary/aromatic N) is 1.